The summed E-state index contributed by atoms with van der Waals surface area (Å²) >= 11 is 0. The van der Waals surface area contributed by atoms with Crippen molar-refractivity contribution < 1.29 is 0 Å². The molecule has 0 fully saturated rings. The molecule has 0 N–H and O–H groups in total. The van der Waals surface area contributed by atoms with Crippen molar-refractivity contribution in [1.82, 2.24) is 14.4 Å². The zero-order chi connectivity index (χ0) is 9.26. The topological polar surface area (TPSA) is 30.2 Å². The Hall–Kier alpha value is -1.38. The molecular weight excluding hydrogens is 162 g/mol. The van der Waals surface area contributed by atoms with Crippen LogP contribution < -0.4 is 0 Å². The first kappa shape index (κ1) is 8.23. The van der Waals surface area contributed by atoms with Crippen LogP contribution in [0.2, 0.25) is 0 Å². The third kappa shape index (κ3) is 1.69. The van der Waals surface area contributed by atoms with Crippen LogP contribution in [0, 0.1) is 5.92 Å². The number of fused-ring (bicyclic) bond motifs is 1. The summed E-state index contributed by atoms with van der Waals surface area (Å²) in [5.74, 6) is 0.643. The van der Waals surface area contributed by atoms with E-state index in [2.05, 4.69) is 23.8 Å². The van der Waals surface area contributed by atoms with Gasteiger partial charge in [0.25, 0.3) is 0 Å². The molecule has 0 aliphatic heterocycles. The molecule has 0 amide bonds. The Morgan fingerprint density at radius 2 is 2.23 bits per heavy atom. The van der Waals surface area contributed by atoms with Crippen LogP contribution in [0.5, 0.6) is 0 Å². The summed E-state index contributed by atoms with van der Waals surface area (Å²) in [5.41, 5.74) is 2.10. The molecule has 2 aromatic heterocycles. The fourth-order valence-electron chi connectivity index (χ4n) is 1.39. The quantitative estimate of drug-likeness (QED) is 0.698. The van der Waals surface area contributed by atoms with Crippen LogP contribution in [0.1, 0.15) is 19.5 Å². The van der Waals surface area contributed by atoms with E-state index in [9.17, 15) is 0 Å². The average Bonchev–Trinajstić information content (AvgIpc) is 2.49. The van der Waals surface area contributed by atoms with Gasteiger partial charge in [-0.1, -0.05) is 13.8 Å². The van der Waals surface area contributed by atoms with Gasteiger partial charge in [-0.05, 0) is 12.3 Å². The lowest BCUT2D eigenvalue weighted by atomic mass is 10.1. The first-order valence-electron chi connectivity index (χ1n) is 4.53. The molecule has 0 atom stereocenters. The molecule has 0 aliphatic carbocycles. The minimum atomic E-state index is 0.643. The number of hydrogen-bond acceptors (Lipinski definition) is 2. The Morgan fingerprint density at radius 1 is 1.38 bits per heavy atom. The third-order valence-corrected chi connectivity index (χ3v) is 1.96. The van der Waals surface area contributed by atoms with Gasteiger partial charge in [-0.25, -0.2) is 9.97 Å². The number of hydrogen-bond donors (Lipinski definition) is 0. The highest BCUT2D eigenvalue weighted by atomic mass is 15.0. The van der Waals surface area contributed by atoms with Gasteiger partial charge in [-0.3, -0.25) is 4.40 Å². The largest absolute Gasteiger partial charge is 0.290 e. The Labute approximate surface area is 77.4 Å². The second-order valence-corrected chi connectivity index (χ2v) is 3.67. The van der Waals surface area contributed by atoms with Crippen LogP contribution >= 0.6 is 0 Å². The maximum atomic E-state index is 4.34. The molecule has 3 nitrogen and oxygen atoms in total. The molecule has 0 saturated heterocycles. The Morgan fingerprint density at radius 3 is 3.00 bits per heavy atom. The maximum Gasteiger partial charge on any atom is 0.139 e. The lowest BCUT2D eigenvalue weighted by Gasteiger charge is -2.03. The molecule has 2 heterocycles. The first-order chi connectivity index (χ1) is 6.25. The molecule has 0 radical (unpaired) electrons. The summed E-state index contributed by atoms with van der Waals surface area (Å²) in [6.45, 7) is 4.38. The van der Waals surface area contributed by atoms with Crippen molar-refractivity contribution in [3.8, 4) is 0 Å². The summed E-state index contributed by atoms with van der Waals surface area (Å²) in [5, 5.41) is 0. The van der Waals surface area contributed by atoms with Gasteiger partial charge in [-0.15, -0.1) is 0 Å². The van der Waals surface area contributed by atoms with Gasteiger partial charge in [-0.2, -0.15) is 0 Å². The van der Waals surface area contributed by atoms with E-state index in [0.29, 0.717) is 5.92 Å². The fraction of sp³-hybridized carbons (Fsp3) is 0.400. The predicted molar refractivity (Wildman–Crippen MR) is 51.5 cm³/mol. The summed E-state index contributed by atoms with van der Waals surface area (Å²) in [7, 11) is 0. The number of imidazole rings is 1. The fourth-order valence-corrected chi connectivity index (χ4v) is 1.39. The van der Waals surface area contributed by atoms with Crippen LogP contribution in [-0.2, 0) is 6.42 Å². The highest BCUT2D eigenvalue weighted by molar-refractivity contribution is 5.38. The molecule has 0 bridgehead atoms. The smallest absolute Gasteiger partial charge is 0.139 e. The second kappa shape index (κ2) is 3.17. The van der Waals surface area contributed by atoms with Gasteiger partial charge < -0.3 is 0 Å². The van der Waals surface area contributed by atoms with Gasteiger partial charge in [0, 0.05) is 24.2 Å². The van der Waals surface area contributed by atoms with Crippen molar-refractivity contribution >= 4 is 5.65 Å². The molecule has 3 heteroatoms. The molecule has 0 aromatic carbocycles. The van der Waals surface area contributed by atoms with Crippen molar-refractivity contribution in [3.05, 3.63) is 30.5 Å². The Balaban J connectivity index is 2.37. The van der Waals surface area contributed by atoms with E-state index in [4.69, 9.17) is 0 Å². The molecule has 2 aromatic rings. The van der Waals surface area contributed by atoms with Crippen molar-refractivity contribution in [2.75, 3.05) is 0 Å². The summed E-state index contributed by atoms with van der Waals surface area (Å²) in [4.78, 5) is 8.55. The molecule has 0 unspecified atom stereocenters. The van der Waals surface area contributed by atoms with Gasteiger partial charge in [0.15, 0.2) is 0 Å². The Bertz CT molecular complexity index is 403. The Kier molecular flexibility index (Phi) is 2.00. The minimum Gasteiger partial charge on any atom is -0.290 e. The van der Waals surface area contributed by atoms with Crippen LogP contribution in [0.4, 0.5) is 0 Å². The monoisotopic (exact) mass is 175 g/mol. The third-order valence-electron chi connectivity index (χ3n) is 1.96. The normalized spacial score (nSPS) is 11.3. The van der Waals surface area contributed by atoms with Crippen LogP contribution in [0.15, 0.2) is 24.8 Å². The minimum absolute atomic E-state index is 0.643. The van der Waals surface area contributed by atoms with Crippen molar-refractivity contribution in [2.45, 2.75) is 20.3 Å². The van der Waals surface area contributed by atoms with Gasteiger partial charge in [0.1, 0.15) is 12.0 Å². The lowest BCUT2D eigenvalue weighted by Crippen LogP contribution is -1.98. The molecular formula is C10H13N3. The summed E-state index contributed by atoms with van der Waals surface area (Å²) in [6.07, 6.45) is 6.53. The molecule has 0 spiro atoms. The number of aromatic nitrogens is 3. The van der Waals surface area contributed by atoms with Crippen molar-refractivity contribution in [2.24, 2.45) is 5.92 Å². The van der Waals surface area contributed by atoms with Crippen molar-refractivity contribution in [1.29, 1.82) is 0 Å². The van der Waals surface area contributed by atoms with Gasteiger partial charge >= 0.3 is 0 Å². The maximum absolute atomic E-state index is 4.34. The van der Waals surface area contributed by atoms with E-state index in [-0.39, 0.29) is 0 Å². The highest BCUT2D eigenvalue weighted by Crippen LogP contribution is 2.07. The average molecular weight is 175 g/mol. The van der Waals surface area contributed by atoms with E-state index >= 15 is 0 Å². The van der Waals surface area contributed by atoms with Crippen LogP contribution in [-0.4, -0.2) is 14.4 Å². The predicted octanol–water partition coefficient (Wildman–Crippen LogP) is 1.93. The first-order valence-corrected chi connectivity index (χ1v) is 4.53. The molecule has 0 aliphatic rings. The zero-order valence-electron chi connectivity index (χ0n) is 7.94. The molecule has 2 rings (SSSR count). The van der Waals surface area contributed by atoms with Gasteiger partial charge in [0.05, 0.1) is 0 Å². The van der Waals surface area contributed by atoms with Gasteiger partial charge in [0.2, 0.25) is 0 Å². The van der Waals surface area contributed by atoms with E-state index in [1.165, 1.54) is 0 Å². The van der Waals surface area contributed by atoms with Crippen LogP contribution in [0.25, 0.3) is 5.65 Å². The number of rotatable bonds is 2. The highest BCUT2D eigenvalue weighted by Gasteiger charge is 2.00. The molecule has 68 valence electrons. The SMILES string of the molecule is CC(C)Cc1cc2nccn2cn1. The second-order valence-electron chi connectivity index (χ2n) is 3.67. The van der Waals surface area contributed by atoms with E-state index in [1.54, 1.807) is 6.20 Å². The zero-order valence-corrected chi connectivity index (χ0v) is 7.94. The lowest BCUT2D eigenvalue weighted by molar-refractivity contribution is 0.634. The molecule has 13 heavy (non-hydrogen) atoms. The standard InChI is InChI=1S/C10H13N3/c1-8(2)5-9-6-10-11-3-4-13(10)7-12-9/h3-4,6-8H,5H2,1-2H3. The van der Waals surface area contributed by atoms with E-state index < -0.39 is 0 Å². The number of nitrogens with zero attached hydrogens (tertiary/aromatic N) is 3. The summed E-state index contributed by atoms with van der Waals surface area (Å²) in [6, 6.07) is 2.04. The van der Waals surface area contributed by atoms with Crippen molar-refractivity contribution in [3.63, 3.8) is 0 Å². The van der Waals surface area contributed by atoms with E-state index in [1.807, 2.05) is 23.0 Å². The molecule has 0 saturated carbocycles. The van der Waals surface area contributed by atoms with E-state index in [0.717, 1.165) is 17.8 Å². The summed E-state index contributed by atoms with van der Waals surface area (Å²) < 4.78 is 1.92. The van der Waals surface area contributed by atoms with Crippen LogP contribution in [0.3, 0.4) is 0 Å².